The Kier molecular flexibility index (Phi) is 11.0. The van der Waals surface area contributed by atoms with Gasteiger partial charge in [0, 0.05) is 37.8 Å². The number of carboxylic acids is 1. The van der Waals surface area contributed by atoms with Crippen molar-refractivity contribution in [2.75, 3.05) is 44.3 Å². The number of fused-ring (bicyclic) bond motifs is 7. The number of nitrogens with one attached hydrogen (secondary N) is 1. The number of carbonyl (C=O) groups is 1. The van der Waals surface area contributed by atoms with E-state index in [0.29, 0.717) is 60.4 Å². The largest absolute Gasteiger partial charge is 0.481 e. The summed E-state index contributed by atoms with van der Waals surface area (Å²) >= 11 is 0. The van der Waals surface area contributed by atoms with Crippen molar-refractivity contribution in [3.8, 4) is 5.88 Å². The molecule has 10 heteroatoms. The van der Waals surface area contributed by atoms with Gasteiger partial charge in [0.25, 0.3) is 0 Å². The first kappa shape index (κ1) is 42.5. The summed E-state index contributed by atoms with van der Waals surface area (Å²) in [5.41, 5.74) is 3.83. The summed E-state index contributed by atoms with van der Waals surface area (Å²) in [4.78, 5) is 18.9. The van der Waals surface area contributed by atoms with E-state index in [1.54, 1.807) is 6.07 Å². The van der Waals surface area contributed by atoms with Crippen LogP contribution in [0.25, 0.3) is 0 Å². The van der Waals surface area contributed by atoms with Crippen LogP contribution in [-0.4, -0.2) is 79.9 Å². The van der Waals surface area contributed by atoms with Crippen molar-refractivity contribution < 1.29 is 28.1 Å². The number of allylic oxidation sites excluding steroid dienone is 5. The highest BCUT2D eigenvalue weighted by Gasteiger charge is 2.70. The van der Waals surface area contributed by atoms with Crippen LogP contribution in [0.1, 0.15) is 119 Å². The van der Waals surface area contributed by atoms with Crippen LogP contribution in [-0.2, 0) is 4.79 Å². The molecule has 0 radical (unpaired) electrons. The molecule has 8 nitrogen and oxygen atoms in total. The first-order chi connectivity index (χ1) is 27.3. The highest BCUT2D eigenvalue weighted by molar-refractivity contribution is 8.24. The van der Waals surface area contributed by atoms with Gasteiger partial charge in [0.1, 0.15) is 12.0 Å². The molecule has 322 valence electrons. The molecule has 0 bridgehead atoms. The van der Waals surface area contributed by atoms with Crippen molar-refractivity contribution in [3.63, 3.8) is 0 Å². The van der Waals surface area contributed by atoms with Gasteiger partial charge in [0.15, 0.2) is 0 Å². The van der Waals surface area contributed by atoms with Gasteiger partial charge in [-0.15, -0.1) is 0 Å². The van der Waals surface area contributed by atoms with Gasteiger partial charge in [-0.25, -0.2) is 0 Å². The maximum Gasteiger partial charge on any atom is 0.313 e. The third-order valence-electron chi connectivity index (χ3n) is 18.6. The number of nitrogens with zero attached hydrogens (tertiary/aromatic N) is 2. The van der Waals surface area contributed by atoms with Gasteiger partial charge in [-0.1, -0.05) is 65.0 Å². The van der Waals surface area contributed by atoms with Crippen molar-refractivity contribution in [1.29, 1.82) is 0 Å². The van der Waals surface area contributed by atoms with Crippen molar-refractivity contribution in [3.05, 3.63) is 59.6 Å². The second-order valence-electron chi connectivity index (χ2n) is 21.5. The molecule has 0 aromatic carbocycles. The molecule has 4 saturated carbocycles. The molecule has 6 aliphatic carbocycles. The highest BCUT2D eigenvalue weighted by atomic mass is 32.3. The average molecular weight is 822 g/mol. The van der Waals surface area contributed by atoms with Gasteiger partial charge in [0.2, 0.25) is 11.8 Å². The Bertz CT molecular complexity index is 1840. The van der Waals surface area contributed by atoms with Crippen LogP contribution in [0.3, 0.4) is 0 Å². The van der Waals surface area contributed by atoms with Crippen LogP contribution in [0.2, 0.25) is 0 Å². The molecular weight excluding hydrogens is 750 g/mol. The lowest BCUT2D eigenvalue weighted by Crippen LogP contribution is -2.68. The van der Waals surface area contributed by atoms with Gasteiger partial charge in [-0.3, -0.25) is 18.8 Å². The Hall–Kier alpha value is -2.24. The fourth-order valence-corrected chi connectivity index (χ4v) is 16.6. The van der Waals surface area contributed by atoms with Gasteiger partial charge < -0.3 is 15.2 Å². The monoisotopic (exact) mass is 822 g/mol. The molecule has 58 heavy (non-hydrogen) atoms. The molecular formula is C48H72FN3O5S. The zero-order valence-electron chi connectivity index (χ0n) is 36.3. The van der Waals surface area contributed by atoms with E-state index < -0.39 is 27.9 Å². The van der Waals surface area contributed by atoms with Crippen LogP contribution < -0.4 is 10.1 Å². The topological polar surface area (TPSA) is 115 Å². The average Bonchev–Trinajstić information content (AvgIpc) is 3.55. The number of ether oxygens (including phenoxy) is 1. The minimum absolute atomic E-state index is 0.0310. The Balaban J connectivity index is 1.00. The second kappa shape index (κ2) is 15.0. The number of rotatable bonds is 10. The van der Waals surface area contributed by atoms with E-state index in [2.05, 4.69) is 75.5 Å². The number of aromatic nitrogens is 1. The Labute approximate surface area is 349 Å². The second-order valence-corrected chi connectivity index (χ2v) is 23.9. The van der Waals surface area contributed by atoms with E-state index in [1.807, 2.05) is 0 Å². The molecule has 1 aromatic rings. The molecule has 7 aliphatic rings. The maximum absolute atomic E-state index is 13.7. The van der Waals surface area contributed by atoms with E-state index in [1.165, 1.54) is 80.2 Å². The number of pyridine rings is 1. The normalized spacial score (nSPS) is 42.4. The lowest BCUT2D eigenvalue weighted by atomic mass is 9.33. The maximum atomic E-state index is 13.7. The summed E-state index contributed by atoms with van der Waals surface area (Å²) in [6.07, 6.45) is 17.4. The molecule has 0 amide bonds. The third-order valence-corrected chi connectivity index (χ3v) is 20.3. The van der Waals surface area contributed by atoms with E-state index in [4.69, 9.17) is 4.74 Å². The van der Waals surface area contributed by atoms with Crippen LogP contribution in [0.15, 0.2) is 53.6 Å². The zero-order chi connectivity index (χ0) is 41.5. The van der Waals surface area contributed by atoms with Gasteiger partial charge >= 0.3 is 5.97 Å². The minimum atomic E-state index is -2.38. The molecule has 8 rings (SSSR count). The molecule has 1 saturated heterocycles. The van der Waals surface area contributed by atoms with Crippen LogP contribution in [0, 0.1) is 62.6 Å². The molecule has 1 aromatic heterocycles. The van der Waals surface area contributed by atoms with Gasteiger partial charge in [0.05, 0.1) is 11.5 Å². The summed E-state index contributed by atoms with van der Waals surface area (Å²) in [5, 5.41) is 14.7. The molecule has 0 unspecified atom stereocenters. The van der Waals surface area contributed by atoms with Crippen molar-refractivity contribution in [2.45, 2.75) is 124 Å². The van der Waals surface area contributed by atoms with Crippen molar-refractivity contribution >= 4 is 16.6 Å². The standard InChI is InChI=1S/C48H72FN3O5S/c1-32(2)34-15-22-48(50-25-26-52-27-29-58(55,56)30-28-52)24-23-45(6)36(41(34)48)11-12-38-44(5)18-16-35(43(3,4)37(44)17-19-46(38,45)7)33-13-20-47(21-14-33,42(53)54)31-57-40-10-8-9-39(49)51-40/h8-10,13,16,34,36-38,41,50,55-56H,1,11-12,14-15,17-31H2,2-7H3,(H,53,54)/t34-,36+,37-,38+,41+,44-,45+,46+,47+,48-/m0/s1. The Morgan fingerprint density at radius 1 is 0.966 bits per heavy atom. The number of hydrogen-bond acceptors (Lipinski definition) is 7. The number of carboxylic acid groups (broad SMARTS) is 1. The summed E-state index contributed by atoms with van der Waals surface area (Å²) in [5.74, 6) is 2.62. The fraction of sp³-hybridized carbons (Fsp3) is 0.750. The molecule has 0 spiro atoms. The summed E-state index contributed by atoms with van der Waals surface area (Å²) in [6.45, 7) is 23.3. The van der Waals surface area contributed by atoms with Gasteiger partial charge in [-0.05, 0) is 152 Å². The van der Waals surface area contributed by atoms with Gasteiger partial charge in [-0.2, -0.15) is 20.0 Å². The summed E-state index contributed by atoms with van der Waals surface area (Å²) in [7, 11) is -2.38. The van der Waals surface area contributed by atoms with E-state index >= 15 is 0 Å². The van der Waals surface area contributed by atoms with E-state index in [-0.39, 0.29) is 39.7 Å². The highest BCUT2D eigenvalue weighted by Crippen LogP contribution is 2.76. The SMILES string of the molecule is C=C(C)[C@@H]1CC[C@]2(NCCN3CCS(O)(O)CC3)CC[C@]3(C)[C@H](CC[C@@H]4[C@@]5(C)CC=C(C6=CC[C@@](COc7cccc(F)n7)(C(=O)O)CC6)C(C)(C)[C@@H]5CC[C@]43C)[C@@H]12. The lowest BCUT2D eigenvalue weighted by molar-refractivity contribution is -0.221. The fourth-order valence-electron chi connectivity index (χ4n) is 15.3. The molecule has 5 fully saturated rings. The van der Waals surface area contributed by atoms with Crippen molar-refractivity contribution in [1.82, 2.24) is 15.2 Å². The van der Waals surface area contributed by atoms with Crippen molar-refractivity contribution in [2.24, 2.45) is 56.7 Å². The predicted molar refractivity (Wildman–Crippen MR) is 231 cm³/mol. The quantitative estimate of drug-likeness (QED) is 0.136. The number of aliphatic carboxylic acids is 1. The first-order valence-electron chi connectivity index (χ1n) is 22.5. The molecule has 10 atom stereocenters. The Morgan fingerprint density at radius 3 is 2.40 bits per heavy atom. The van der Waals surface area contributed by atoms with E-state index in [0.717, 1.165) is 32.6 Å². The molecule has 4 N–H and O–H groups in total. The molecule has 2 heterocycles. The lowest BCUT2D eigenvalue weighted by Gasteiger charge is -2.72. The predicted octanol–water partition coefficient (Wildman–Crippen LogP) is 10.4. The van der Waals surface area contributed by atoms with E-state index in [9.17, 15) is 23.4 Å². The Morgan fingerprint density at radius 2 is 1.72 bits per heavy atom. The zero-order valence-corrected chi connectivity index (χ0v) is 37.1. The summed E-state index contributed by atoms with van der Waals surface area (Å²) in [6, 6.07) is 4.36. The number of hydrogen-bond donors (Lipinski definition) is 4. The van der Waals surface area contributed by atoms with Crippen LogP contribution >= 0.6 is 10.6 Å². The molecule has 1 aliphatic heterocycles. The third kappa shape index (κ3) is 6.85. The van der Waals surface area contributed by atoms with Crippen LogP contribution in [0.4, 0.5) is 4.39 Å². The smallest absolute Gasteiger partial charge is 0.313 e. The first-order valence-corrected chi connectivity index (χ1v) is 24.4. The minimum Gasteiger partial charge on any atom is -0.481 e. The van der Waals surface area contributed by atoms with Crippen LogP contribution in [0.5, 0.6) is 5.88 Å². The number of halogens is 1. The summed E-state index contributed by atoms with van der Waals surface area (Å²) < 4.78 is 39.9.